The molecule has 1 aromatic heterocycles. The molecule has 0 spiro atoms. The van der Waals surface area contributed by atoms with Crippen LogP contribution in [0.15, 0.2) is 53.9 Å². The van der Waals surface area contributed by atoms with Crippen molar-refractivity contribution in [1.29, 1.82) is 0 Å². The maximum Gasteiger partial charge on any atom is 0.141 e. The number of para-hydroxylation sites is 2. The SMILES string of the molecule is COc1ccccc1NC(CO)c1csc2ccccc12. The molecule has 2 N–H and O–H groups in total. The molecule has 1 atom stereocenters. The summed E-state index contributed by atoms with van der Waals surface area (Å²) in [5, 5.41) is 16.4. The first-order valence-electron chi connectivity index (χ1n) is 6.80. The third kappa shape index (κ3) is 2.73. The van der Waals surface area contributed by atoms with E-state index in [1.165, 1.54) is 10.1 Å². The van der Waals surface area contributed by atoms with Crippen molar-refractivity contribution in [1.82, 2.24) is 0 Å². The summed E-state index contributed by atoms with van der Waals surface area (Å²) in [6.07, 6.45) is 0. The first-order valence-corrected chi connectivity index (χ1v) is 7.68. The molecule has 0 fully saturated rings. The minimum absolute atomic E-state index is 0.0266. The van der Waals surface area contributed by atoms with Crippen LogP contribution >= 0.6 is 11.3 Å². The molecule has 21 heavy (non-hydrogen) atoms. The van der Waals surface area contributed by atoms with Crippen molar-refractivity contribution < 1.29 is 9.84 Å². The number of benzene rings is 2. The first kappa shape index (κ1) is 13.9. The summed E-state index contributed by atoms with van der Waals surface area (Å²) in [7, 11) is 1.65. The highest BCUT2D eigenvalue weighted by molar-refractivity contribution is 7.17. The van der Waals surface area contributed by atoms with Crippen molar-refractivity contribution >= 4 is 27.1 Å². The zero-order chi connectivity index (χ0) is 14.7. The third-order valence-corrected chi connectivity index (χ3v) is 4.49. The van der Waals surface area contributed by atoms with E-state index in [4.69, 9.17) is 4.74 Å². The Balaban J connectivity index is 1.95. The Morgan fingerprint density at radius 1 is 1.14 bits per heavy atom. The lowest BCUT2D eigenvalue weighted by Crippen LogP contribution is -2.14. The summed E-state index contributed by atoms with van der Waals surface area (Å²) in [4.78, 5) is 0. The fraction of sp³-hybridized carbons (Fsp3) is 0.176. The van der Waals surface area contributed by atoms with E-state index in [0.29, 0.717) is 0 Å². The lowest BCUT2D eigenvalue weighted by molar-refractivity contribution is 0.276. The van der Waals surface area contributed by atoms with E-state index < -0.39 is 0 Å². The standard InChI is InChI=1S/C17H17NO2S/c1-20-16-8-4-3-7-14(16)18-15(10-19)13-11-21-17-9-5-2-6-12(13)17/h2-9,11,15,18-19H,10H2,1H3. The summed E-state index contributed by atoms with van der Waals surface area (Å²) in [5.74, 6) is 0.774. The summed E-state index contributed by atoms with van der Waals surface area (Å²) < 4.78 is 6.58. The summed E-state index contributed by atoms with van der Waals surface area (Å²) >= 11 is 1.70. The van der Waals surface area contributed by atoms with Crippen LogP contribution in [-0.4, -0.2) is 18.8 Å². The summed E-state index contributed by atoms with van der Waals surface area (Å²) in [6, 6.07) is 15.8. The van der Waals surface area contributed by atoms with Crippen molar-refractivity contribution in [3.8, 4) is 5.75 Å². The van der Waals surface area contributed by atoms with Gasteiger partial charge in [0.15, 0.2) is 0 Å². The molecule has 1 heterocycles. The Hall–Kier alpha value is -2.04. The van der Waals surface area contributed by atoms with Crippen LogP contribution in [0.5, 0.6) is 5.75 Å². The van der Waals surface area contributed by atoms with Crippen LogP contribution in [-0.2, 0) is 0 Å². The fourth-order valence-electron chi connectivity index (χ4n) is 2.44. The summed E-state index contributed by atoms with van der Waals surface area (Å²) in [6.45, 7) is 0.0266. The second-order valence-corrected chi connectivity index (χ2v) is 5.68. The largest absolute Gasteiger partial charge is 0.495 e. The van der Waals surface area contributed by atoms with E-state index >= 15 is 0 Å². The molecule has 2 aromatic carbocycles. The van der Waals surface area contributed by atoms with Crippen LogP contribution < -0.4 is 10.1 Å². The van der Waals surface area contributed by atoms with Gasteiger partial charge in [0.1, 0.15) is 5.75 Å². The lowest BCUT2D eigenvalue weighted by Gasteiger charge is -2.19. The molecule has 1 unspecified atom stereocenters. The van der Waals surface area contributed by atoms with Gasteiger partial charge in [-0.15, -0.1) is 11.3 Å². The van der Waals surface area contributed by atoms with Crippen LogP contribution in [0.2, 0.25) is 0 Å². The van der Waals surface area contributed by atoms with Gasteiger partial charge in [-0.2, -0.15) is 0 Å². The molecule has 3 rings (SSSR count). The third-order valence-electron chi connectivity index (χ3n) is 3.51. The number of methoxy groups -OCH3 is 1. The van der Waals surface area contributed by atoms with E-state index in [1.54, 1.807) is 18.4 Å². The first-order chi connectivity index (χ1) is 10.3. The molecule has 3 nitrogen and oxygen atoms in total. The molecule has 0 aliphatic heterocycles. The lowest BCUT2D eigenvalue weighted by atomic mass is 10.1. The van der Waals surface area contributed by atoms with Gasteiger partial charge in [-0.1, -0.05) is 30.3 Å². The highest BCUT2D eigenvalue weighted by atomic mass is 32.1. The number of hydrogen-bond acceptors (Lipinski definition) is 4. The molecule has 3 aromatic rings. The van der Waals surface area contributed by atoms with E-state index in [0.717, 1.165) is 17.0 Å². The molecule has 4 heteroatoms. The van der Waals surface area contributed by atoms with Crippen LogP contribution in [0, 0.1) is 0 Å². The van der Waals surface area contributed by atoms with Crippen LogP contribution in [0.25, 0.3) is 10.1 Å². The monoisotopic (exact) mass is 299 g/mol. The molecule has 0 aliphatic rings. The van der Waals surface area contributed by atoms with Crippen molar-refractivity contribution in [2.75, 3.05) is 19.0 Å². The number of anilines is 1. The van der Waals surface area contributed by atoms with Gasteiger partial charge in [0.05, 0.1) is 25.4 Å². The van der Waals surface area contributed by atoms with E-state index in [2.05, 4.69) is 22.8 Å². The van der Waals surface area contributed by atoms with Crippen molar-refractivity contribution in [2.45, 2.75) is 6.04 Å². The second-order valence-electron chi connectivity index (χ2n) is 4.77. The Labute approximate surface area is 127 Å². The van der Waals surface area contributed by atoms with Crippen molar-refractivity contribution in [3.63, 3.8) is 0 Å². The predicted octanol–water partition coefficient (Wildman–Crippen LogP) is 4.06. The number of nitrogens with one attached hydrogen (secondary N) is 1. The molecule has 0 aliphatic carbocycles. The van der Waals surface area contributed by atoms with Gasteiger partial charge in [0.25, 0.3) is 0 Å². The van der Waals surface area contributed by atoms with Gasteiger partial charge in [0.2, 0.25) is 0 Å². The number of hydrogen-bond donors (Lipinski definition) is 2. The Morgan fingerprint density at radius 3 is 2.71 bits per heavy atom. The topological polar surface area (TPSA) is 41.5 Å². The predicted molar refractivity (Wildman–Crippen MR) is 88.3 cm³/mol. The van der Waals surface area contributed by atoms with E-state index in [-0.39, 0.29) is 12.6 Å². The number of ether oxygens (including phenoxy) is 1. The van der Waals surface area contributed by atoms with Gasteiger partial charge in [-0.3, -0.25) is 0 Å². The van der Waals surface area contributed by atoms with Gasteiger partial charge in [-0.05, 0) is 34.5 Å². The smallest absolute Gasteiger partial charge is 0.141 e. The zero-order valence-electron chi connectivity index (χ0n) is 11.7. The minimum atomic E-state index is -0.155. The molecular formula is C17H17NO2S. The van der Waals surface area contributed by atoms with Gasteiger partial charge in [0, 0.05) is 4.70 Å². The maximum atomic E-state index is 9.78. The average Bonchev–Trinajstić information content (AvgIpc) is 2.97. The van der Waals surface area contributed by atoms with Crippen LogP contribution in [0.1, 0.15) is 11.6 Å². The molecule has 0 saturated heterocycles. The van der Waals surface area contributed by atoms with Gasteiger partial charge < -0.3 is 15.2 Å². The highest BCUT2D eigenvalue weighted by Crippen LogP contribution is 2.33. The fourth-order valence-corrected chi connectivity index (χ4v) is 3.46. The normalized spacial score (nSPS) is 12.3. The van der Waals surface area contributed by atoms with Crippen molar-refractivity contribution in [3.05, 3.63) is 59.5 Å². The molecule has 0 saturated carbocycles. The van der Waals surface area contributed by atoms with E-state index in [1.807, 2.05) is 36.4 Å². The molecular weight excluding hydrogens is 282 g/mol. The zero-order valence-corrected chi connectivity index (χ0v) is 12.6. The number of thiophene rings is 1. The van der Waals surface area contributed by atoms with Crippen LogP contribution in [0.4, 0.5) is 5.69 Å². The molecule has 0 amide bonds. The number of fused-ring (bicyclic) bond motifs is 1. The maximum absolute atomic E-state index is 9.78. The van der Waals surface area contributed by atoms with E-state index in [9.17, 15) is 5.11 Å². The molecule has 0 radical (unpaired) electrons. The second kappa shape index (κ2) is 6.16. The van der Waals surface area contributed by atoms with Crippen LogP contribution in [0.3, 0.4) is 0 Å². The molecule has 108 valence electrons. The average molecular weight is 299 g/mol. The number of aliphatic hydroxyl groups is 1. The minimum Gasteiger partial charge on any atom is -0.495 e. The summed E-state index contributed by atoms with van der Waals surface area (Å²) in [5.41, 5.74) is 2.00. The Kier molecular flexibility index (Phi) is 4.08. The molecule has 0 bridgehead atoms. The number of aliphatic hydroxyl groups excluding tert-OH is 1. The van der Waals surface area contributed by atoms with Crippen molar-refractivity contribution in [2.24, 2.45) is 0 Å². The quantitative estimate of drug-likeness (QED) is 0.746. The Morgan fingerprint density at radius 2 is 1.90 bits per heavy atom. The highest BCUT2D eigenvalue weighted by Gasteiger charge is 2.16. The van der Waals surface area contributed by atoms with Gasteiger partial charge in [-0.25, -0.2) is 0 Å². The Bertz CT molecular complexity index is 738. The number of rotatable bonds is 5. The van der Waals surface area contributed by atoms with Gasteiger partial charge >= 0.3 is 0 Å².